The van der Waals surface area contributed by atoms with E-state index < -0.39 is 17.3 Å². The highest BCUT2D eigenvalue weighted by atomic mass is 32.1. The van der Waals surface area contributed by atoms with Crippen molar-refractivity contribution in [3.05, 3.63) is 15.8 Å². The number of hydrogen-bond donors (Lipinski definition) is 1. The molecule has 102 valence electrons. The van der Waals surface area contributed by atoms with E-state index in [-0.39, 0.29) is 0 Å². The Morgan fingerprint density at radius 1 is 1.58 bits per heavy atom. The number of esters is 1. The van der Waals surface area contributed by atoms with Gasteiger partial charge in [0.1, 0.15) is 10.3 Å². The van der Waals surface area contributed by atoms with Gasteiger partial charge in [0, 0.05) is 0 Å². The Labute approximate surface area is 116 Å². The smallest absolute Gasteiger partial charge is 0.350 e. The first-order valence-corrected chi connectivity index (χ1v) is 6.66. The molecule has 1 unspecified atom stereocenters. The average Bonchev–Trinajstić information content (AvgIpc) is 2.78. The van der Waals surface area contributed by atoms with Crippen LogP contribution in [0.2, 0.25) is 0 Å². The quantitative estimate of drug-likeness (QED) is 0.860. The van der Waals surface area contributed by atoms with Crippen molar-refractivity contribution in [2.45, 2.75) is 27.2 Å². The predicted molar refractivity (Wildman–Crippen MR) is 73.0 cm³/mol. The second-order valence-corrected chi connectivity index (χ2v) is 5.25. The molecule has 0 radical (unpaired) electrons. The van der Waals surface area contributed by atoms with Crippen LogP contribution in [0.5, 0.6) is 0 Å². The highest BCUT2D eigenvalue weighted by Crippen LogP contribution is 2.30. The van der Waals surface area contributed by atoms with E-state index in [1.807, 2.05) is 6.07 Å². The van der Waals surface area contributed by atoms with Gasteiger partial charge in [-0.3, -0.25) is 4.79 Å². The highest BCUT2D eigenvalue weighted by molar-refractivity contribution is 7.12. The number of thiophene rings is 1. The molecule has 1 amide bonds. The minimum atomic E-state index is -1.11. The van der Waals surface area contributed by atoms with Gasteiger partial charge in [-0.2, -0.15) is 5.26 Å². The van der Waals surface area contributed by atoms with E-state index in [9.17, 15) is 9.59 Å². The maximum absolute atomic E-state index is 12.1. The molecule has 0 spiro atoms. The molecule has 1 heterocycles. The first-order chi connectivity index (χ1) is 8.89. The van der Waals surface area contributed by atoms with Crippen molar-refractivity contribution in [1.82, 2.24) is 0 Å². The van der Waals surface area contributed by atoms with E-state index in [0.717, 1.165) is 5.56 Å². The molecule has 1 aromatic rings. The number of hydrogen-bond acceptors (Lipinski definition) is 5. The summed E-state index contributed by atoms with van der Waals surface area (Å²) in [7, 11) is 1.29. The van der Waals surface area contributed by atoms with Crippen molar-refractivity contribution in [1.29, 1.82) is 5.26 Å². The summed E-state index contributed by atoms with van der Waals surface area (Å²) in [5, 5.41) is 13.5. The van der Waals surface area contributed by atoms with Crippen LogP contribution in [0.15, 0.2) is 5.38 Å². The number of nitrogens with one attached hydrogen (secondary N) is 1. The summed E-state index contributed by atoms with van der Waals surface area (Å²) in [6.45, 7) is 5.13. The molecular formula is C13H16N2O3S. The Bertz CT molecular complexity index is 545. The van der Waals surface area contributed by atoms with Gasteiger partial charge in [0.05, 0.1) is 18.9 Å². The fourth-order valence-electron chi connectivity index (χ4n) is 1.38. The van der Waals surface area contributed by atoms with Crippen molar-refractivity contribution in [2.24, 2.45) is 5.41 Å². The van der Waals surface area contributed by atoms with Crippen LogP contribution in [-0.4, -0.2) is 19.0 Å². The topological polar surface area (TPSA) is 79.2 Å². The van der Waals surface area contributed by atoms with Crippen LogP contribution in [0.25, 0.3) is 0 Å². The average molecular weight is 280 g/mol. The van der Waals surface area contributed by atoms with Crippen LogP contribution in [0.3, 0.4) is 0 Å². The molecule has 1 N–H and O–H groups in total. The van der Waals surface area contributed by atoms with E-state index in [4.69, 9.17) is 5.26 Å². The summed E-state index contributed by atoms with van der Waals surface area (Å²) < 4.78 is 4.67. The number of rotatable bonds is 4. The monoisotopic (exact) mass is 280 g/mol. The maximum atomic E-state index is 12.1. The normalized spacial score (nSPS) is 13.2. The summed E-state index contributed by atoms with van der Waals surface area (Å²) in [5.74, 6) is -0.910. The number of nitrogens with zero attached hydrogens (tertiary/aromatic N) is 1. The van der Waals surface area contributed by atoms with Gasteiger partial charge in [-0.05, 0) is 31.2 Å². The van der Waals surface area contributed by atoms with Crippen molar-refractivity contribution in [3.8, 4) is 6.07 Å². The second kappa shape index (κ2) is 5.85. The molecule has 0 fully saturated rings. The lowest BCUT2D eigenvalue weighted by Gasteiger charge is -2.19. The van der Waals surface area contributed by atoms with E-state index in [0.29, 0.717) is 17.0 Å². The minimum absolute atomic E-state index is 0.338. The third kappa shape index (κ3) is 2.93. The van der Waals surface area contributed by atoms with Gasteiger partial charge in [-0.1, -0.05) is 6.92 Å². The molecule has 19 heavy (non-hydrogen) atoms. The molecule has 0 aliphatic rings. The standard InChI is InChI=1S/C13H16N2O3S/c1-5-13(3,7-14)12(17)15-9-8(2)6-19-10(9)11(16)18-4/h6H,5H2,1-4H3,(H,15,17). The third-order valence-corrected chi connectivity index (χ3v) is 4.12. The van der Waals surface area contributed by atoms with Crippen LogP contribution in [-0.2, 0) is 9.53 Å². The molecule has 0 bridgehead atoms. The molecule has 0 saturated heterocycles. The van der Waals surface area contributed by atoms with Crippen LogP contribution in [0, 0.1) is 23.7 Å². The Morgan fingerprint density at radius 3 is 2.68 bits per heavy atom. The van der Waals surface area contributed by atoms with E-state index >= 15 is 0 Å². The fraction of sp³-hybridized carbons (Fsp3) is 0.462. The SMILES string of the molecule is CCC(C)(C#N)C(=O)Nc1c(C)csc1C(=O)OC. The molecule has 0 saturated carbocycles. The Morgan fingerprint density at radius 2 is 2.21 bits per heavy atom. The summed E-state index contributed by atoms with van der Waals surface area (Å²) >= 11 is 1.20. The number of anilines is 1. The van der Waals surface area contributed by atoms with Crippen LogP contribution in [0.1, 0.15) is 35.5 Å². The number of carbonyl (C=O) groups excluding carboxylic acids is 2. The lowest BCUT2D eigenvalue weighted by molar-refractivity contribution is -0.122. The zero-order chi connectivity index (χ0) is 14.6. The summed E-state index contributed by atoms with van der Waals surface area (Å²) in [6, 6.07) is 2.00. The van der Waals surface area contributed by atoms with Crippen LogP contribution >= 0.6 is 11.3 Å². The summed E-state index contributed by atoms with van der Waals surface area (Å²) in [6.07, 6.45) is 0.395. The first kappa shape index (κ1) is 15.2. The lowest BCUT2D eigenvalue weighted by atomic mass is 9.88. The van der Waals surface area contributed by atoms with Gasteiger partial charge in [0.25, 0.3) is 0 Å². The number of ether oxygens (including phenoxy) is 1. The fourth-order valence-corrected chi connectivity index (χ4v) is 2.31. The van der Waals surface area contributed by atoms with Crippen LogP contribution < -0.4 is 5.32 Å². The van der Waals surface area contributed by atoms with Crippen molar-refractivity contribution in [3.63, 3.8) is 0 Å². The largest absolute Gasteiger partial charge is 0.465 e. The molecule has 0 aliphatic carbocycles. The number of methoxy groups -OCH3 is 1. The molecular weight excluding hydrogens is 264 g/mol. The van der Waals surface area contributed by atoms with Crippen LogP contribution in [0.4, 0.5) is 5.69 Å². The molecule has 0 aromatic carbocycles. The lowest BCUT2D eigenvalue weighted by Crippen LogP contribution is -2.32. The molecule has 1 atom stereocenters. The third-order valence-electron chi connectivity index (χ3n) is 3.04. The number of amides is 1. The van der Waals surface area contributed by atoms with E-state index in [1.165, 1.54) is 18.4 Å². The second-order valence-electron chi connectivity index (χ2n) is 4.37. The van der Waals surface area contributed by atoms with Gasteiger partial charge in [-0.25, -0.2) is 4.79 Å². The minimum Gasteiger partial charge on any atom is -0.465 e. The zero-order valence-electron chi connectivity index (χ0n) is 11.4. The van der Waals surface area contributed by atoms with Gasteiger partial charge in [0.2, 0.25) is 5.91 Å². The Balaban J connectivity index is 3.07. The Kier molecular flexibility index (Phi) is 4.67. The Hall–Kier alpha value is -1.87. The molecule has 0 aliphatic heterocycles. The van der Waals surface area contributed by atoms with Gasteiger partial charge in [0.15, 0.2) is 0 Å². The molecule has 5 nitrogen and oxygen atoms in total. The number of carbonyl (C=O) groups is 2. The van der Waals surface area contributed by atoms with Crippen molar-refractivity contribution < 1.29 is 14.3 Å². The van der Waals surface area contributed by atoms with Crippen molar-refractivity contribution >= 4 is 28.9 Å². The van der Waals surface area contributed by atoms with E-state index in [2.05, 4.69) is 10.1 Å². The highest BCUT2D eigenvalue weighted by Gasteiger charge is 2.32. The maximum Gasteiger partial charge on any atom is 0.350 e. The molecule has 6 heteroatoms. The summed E-state index contributed by atoms with van der Waals surface area (Å²) in [4.78, 5) is 24.1. The first-order valence-electron chi connectivity index (χ1n) is 5.78. The molecule has 1 rings (SSSR count). The number of aryl methyl sites for hydroxylation is 1. The summed E-state index contributed by atoms with van der Waals surface area (Å²) in [5.41, 5.74) is 0.0915. The predicted octanol–water partition coefficient (Wildman–Crippen LogP) is 2.72. The van der Waals surface area contributed by atoms with E-state index in [1.54, 1.807) is 26.2 Å². The zero-order valence-corrected chi connectivity index (χ0v) is 12.2. The van der Waals surface area contributed by atoms with Crippen molar-refractivity contribution in [2.75, 3.05) is 12.4 Å². The number of nitriles is 1. The van der Waals surface area contributed by atoms with Gasteiger partial charge >= 0.3 is 5.97 Å². The van der Waals surface area contributed by atoms with Gasteiger partial charge in [-0.15, -0.1) is 11.3 Å². The molecule has 1 aromatic heterocycles. The van der Waals surface area contributed by atoms with Gasteiger partial charge < -0.3 is 10.1 Å².